The zero-order chi connectivity index (χ0) is 12.3. The molecule has 3 nitrogen and oxygen atoms in total. The molecule has 4 heteroatoms. The lowest BCUT2D eigenvalue weighted by atomic mass is 9.84. The summed E-state index contributed by atoms with van der Waals surface area (Å²) in [6.45, 7) is 1.98. The maximum Gasteiger partial charge on any atom is 0.0945 e. The molecule has 2 aromatic rings. The summed E-state index contributed by atoms with van der Waals surface area (Å²) in [5.74, 6) is 0. The molecule has 0 spiro atoms. The third-order valence-corrected chi connectivity index (χ3v) is 4.32. The van der Waals surface area contributed by atoms with E-state index in [0.717, 1.165) is 21.6 Å². The van der Waals surface area contributed by atoms with Crippen molar-refractivity contribution in [2.45, 2.75) is 19.8 Å². The van der Waals surface area contributed by atoms with Crippen LogP contribution in [0, 0.1) is 5.41 Å². The van der Waals surface area contributed by atoms with Gasteiger partial charge in [-0.3, -0.25) is 0 Å². The Morgan fingerprint density at radius 1 is 1.24 bits per heavy atom. The zero-order valence-corrected chi connectivity index (χ0v) is 10.7. The van der Waals surface area contributed by atoms with Gasteiger partial charge in [0, 0.05) is 11.8 Å². The fourth-order valence-electron chi connectivity index (χ4n) is 1.83. The van der Waals surface area contributed by atoms with Crippen molar-refractivity contribution < 1.29 is 10.2 Å². The number of para-hydroxylation sites is 1. The van der Waals surface area contributed by atoms with Crippen LogP contribution >= 0.6 is 11.3 Å². The standard InChI is InChI=1S/C13H17NO2S/c1-2-13(8-15,9-16)7-12-14-10-5-3-4-6-11(10)17-12/h3-6,15-16H,2,7-9H2,1H3. The molecule has 17 heavy (non-hydrogen) atoms. The maximum absolute atomic E-state index is 9.43. The van der Waals surface area contributed by atoms with E-state index in [2.05, 4.69) is 4.98 Å². The smallest absolute Gasteiger partial charge is 0.0945 e. The van der Waals surface area contributed by atoms with Crippen molar-refractivity contribution in [2.75, 3.05) is 13.2 Å². The van der Waals surface area contributed by atoms with Crippen molar-refractivity contribution in [3.63, 3.8) is 0 Å². The SMILES string of the molecule is CCC(CO)(CO)Cc1nc2ccccc2s1. The van der Waals surface area contributed by atoms with Gasteiger partial charge in [0.15, 0.2) is 0 Å². The normalized spacial score (nSPS) is 12.2. The molecule has 2 rings (SSSR count). The van der Waals surface area contributed by atoms with Crippen molar-refractivity contribution in [3.8, 4) is 0 Å². The van der Waals surface area contributed by atoms with Gasteiger partial charge in [-0.2, -0.15) is 0 Å². The van der Waals surface area contributed by atoms with E-state index in [9.17, 15) is 10.2 Å². The summed E-state index contributed by atoms with van der Waals surface area (Å²) in [5, 5.41) is 19.8. The molecule has 0 saturated carbocycles. The Morgan fingerprint density at radius 3 is 2.53 bits per heavy atom. The molecule has 0 amide bonds. The molecule has 92 valence electrons. The van der Waals surface area contributed by atoms with E-state index in [-0.39, 0.29) is 13.2 Å². The van der Waals surface area contributed by atoms with Gasteiger partial charge < -0.3 is 10.2 Å². The van der Waals surface area contributed by atoms with Gasteiger partial charge >= 0.3 is 0 Å². The van der Waals surface area contributed by atoms with Gasteiger partial charge in [-0.25, -0.2) is 4.98 Å². The molecule has 0 saturated heterocycles. The molecule has 0 unspecified atom stereocenters. The van der Waals surface area contributed by atoms with Crippen LogP contribution in [0.1, 0.15) is 18.4 Å². The number of aliphatic hydroxyl groups is 2. The summed E-state index contributed by atoms with van der Waals surface area (Å²) in [4.78, 5) is 4.54. The Kier molecular flexibility index (Phi) is 3.76. The zero-order valence-electron chi connectivity index (χ0n) is 9.89. The summed E-state index contributed by atoms with van der Waals surface area (Å²) in [6, 6.07) is 8.00. The molecule has 1 aromatic heterocycles. The summed E-state index contributed by atoms with van der Waals surface area (Å²) in [5.41, 5.74) is 0.557. The van der Waals surface area contributed by atoms with Crippen LogP contribution in [0.5, 0.6) is 0 Å². The molecule has 0 fully saturated rings. The van der Waals surface area contributed by atoms with Crippen molar-refractivity contribution in [1.82, 2.24) is 4.98 Å². The molecular weight excluding hydrogens is 234 g/mol. The van der Waals surface area contributed by atoms with E-state index >= 15 is 0 Å². The first-order valence-corrected chi connectivity index (χ1v) is 6.61. The highest BCUT2D eigenvalue weighted by Gasteiger charge is 2.28. The van der Waals surface area contributed by atoms with E-state index in [0.29, 0.717) is 6.42 Å². The quantitative estimate of drug-likeness (QED) is 0.856. The molecule has 1 aromatic carbocycles. The number of benzene rings is 1. The van der Waals surface area contributed by atoms with Gasteiger partial charge in [0.1, 0.15) is 0 Å². The summed E-state index contributed by atoms with van der Waals surface area (Å²) in [6.07, 6.45) is 1.38. The van der Waals surface area contributed by atoms with Crippen LogP contribution in [0.2, 0.25) is 0 Å². The summed E-state index contributed by atoms with van der Waals surface area (Å²) >= 11 is 1.64. The first-order valence-electron chi connectivity index (χ1n) is 5.79. The maximum atomic E-state index is 9.43. The van der Waals surface area contributed by atoms with E-state index in [1.165, 1.54) is 0 Å². The van der Waals surface area contributed by atoms with E-state index in [1.807, 2.05) is 31.2 Å². The monoisotopic (exact) mass is 251 g/mol. The fourth-order valence-corrected chi connectivity index (χ4v) is 2.97. The van der Waals surface area contributed by atoms with Crippen LogP contribution in [0.15, 0.2) is 24.3 Å². The summed E-state index contributed by atoms with van der Waals surface area (Å²) in [7, 11) is 0. The molecule has 0 bridgehead atoms. The van der Waals surface area contributed by atoms with Crippen LogP contribution in [-0.4, -0.2) is 28.4 Å². The highest BCUT2D eigenvalue weighted by atomic mass is 32.1. The number of fused-ring (bicyclic) bond motifs is 1. The van der Waals surface area contributed by atoms with Crippen molar-refractivity contribution in [1.29, 1.82) is 0 Å². The fraction of sp³-hybridized carbons (Fsp3) is 0.462. The van der Waals surface area contributed by atoms with Crippen molar-refractivity contribution >= 4 is 21.6 Å². The topological polar surface area (TPSA) is 53.4 Å². The highest BCUT2D eigenvalue weighted by Crippen LogP contribution is 2.30. The number of aromatic nitrogens is 1. The Bertz CT molecular complexity index is 450. The van der Waals surface area contributed by atoms with Crippen molar-refractivity contribution in [2.24, 2.45) is 5.41 Å². The lowest BCUT2D eigenvalue weighted by molar-refractivity contribution is 0.0514. The van der Waals surface area contributed by atoms with E-state index in [1.54, 1.807) is 11.3 Å². The molecule has 2 N–H and O–H groups in total. The number of aliphatic hydroxyl groups excluding tert-OH is 2. The second kappa shape index (κ2) is 5.12. The van der Waals surface area contributed by atoms with E-state index < -0.39 is 5.41 Å². The first kappa shape index (κ1) is 12.5. The number of hydrogen-bond acceptors (Lipinski definition) is 4. The molecule has 0 atom stereocenters. The molecule has 0 aliphatic carbocycles. The minimum Gasteiger partial charge on any atom is -0.396 e. The molecule has 0 aliphatic rings. The number of thiazole rings is 1. The number of rotatable bonds is 5. The van der Waals surface area contributed by atoms with E-state index in [4.69, 9.17) is 0 Å². The van der Waals surface area contributed by atoms with Gasteiger partial charge in [0.25, 0.3) is 0 Å². The molecular formula is C13H17NO2S. The van der Waals surface area contributed by atoms with Gasteiger partial charge in [-0.05, 0) is 18.6 Å². The minimum atomic E-state index is -0.437. The van der Waals surface area contributed by atoms with Crippen LogP contribution in [0.25, 0.3) is 10.2 Å². The second-order valence-electron chi connectivity index (χ2n) is 4.42. The Labute approximate surface area is 105 Å². The lowest BCUT2D eigenvalue weighted by Gasteiger charge is -2.26. The molecule has 1 heterocycles. The third kappa shape index (κ3) is 2.49. The minimum absolute atomic E-state index is 0.00404. The molecule has 0 radical (unpaired) electrons. The van der Waals surface area contributed by atoms with Crippen LogP contribution < -0.4 is 0 Å². The number of hydrogen-bond donors (Lipinski definition) is 2. The Balaban J connectivity index is 2.28. The molecule has 0 aliphatic heterocycles. The lowest BCUT2D eigenvalue weighted by Crippen LogP contribution is -2.31. The van der Waals surface area contributed by atoms with Crippen LogP contribution in [-0.2, 0) is 6.42 Å². The Morgan fingerprint density at radius 2 is 1.94 bits per heavy atom. The van der Waals surface area contributed by atoms with Gasteiger partial charge in [-0.1, -0.05) is 19.1 Å². The predicted molar refractivity (Wildman–Crippen MR) is 70.2 cm³/mol. The van der Waals surface area contributed by atoms with Crippen LogP contribution in [0.4, 0.5) is 0 Å². The van der Waals surface area contributed by atoms with Crippen molar-refractivity contribution in [3.05, 3.63) is 29.3 Å². The third-order valence-electron chi connectivity index (χ3n) is 3.29. The summed E-state index contributed by atoms with van der Waals surface area (Å²) < 4.78 is 1.16. The average molecular weight is 251 g/mol. The van der Waals surface area contributed by atoms with Gasteiger partial charge in [0.05, 0.1) is 28.4 Å². The second-order valence-corrected chi connectivity index (χ2v) is 5.54. The predicted octanol–water partition coefficient (Wildman–Crippen LogP) is 2.22. The number of nitrogens with zero attached hydrogens (tertiary/aromatic N) is 1. The van der Waals surface area contributed by atoms with Gasteiger partial charge in [0.2, 0.25) is 0 Å². The Hall–Kier alpha value is -0.970. The highest BCUT2D eigenvalue weighted by molar-refractivity contribution is 7.18. The van der Waals surface area contributed by atoms with Gasteiger partial charge in [-0.15, -0.1) is 11.3 Å². The average Bonchev–Trinajstić information content (AvgIpc) is 2.78. The van der Waals surface area contributed by atoms with Crippen LogP contribution in [0.3, 0.4) is 0 Å². The largest absolute Gasteiger partial charge is 0.396 e. The first-order chi connectivity index (χ1) is 8.23.